The van der Waals surface area contributed by atoms with E-state index in [0.29, 0.717) is 36.2 Å². The van der Waals surface area contributed by atoms with Crippen molar-refractivity contribution in [2.45, 2.75) is 4.90 Å². The third-order valence-corrected chi connectivity index (χ3v) is 8.02. The SMILES string of the molecule is O=S(=O)(c1ccc(F)cc1)N1CCN(c2nc(-c3ccc(Cl)cc3Cl)cs2)CC1. The molecule has 1 aliphatic rings. The van der Waals surface area contributed by atoms with E-state index in [0.717, 1.165) is 28.5 Å². The van der Waals surface area contributed by atoms with Gasteiger partial charge in [-0.1, -0.05) is 23.2 Å². The molecule has 1 aliphatic heterocycles. The van der Waals surface area contributed by atoms with Crippen molar-refractivity contribution in [1.29, 1.82) is 0 Å². The first-order chi connectivity index (χ1) is 13.8. The Labute approximate surface area is 182 Å². The third-order valence-electron chi connectivity index (χ3n) is 4.66. The number of thiazole rings is 1. The normalized spacial score (nSPS) is 15.6. The minimum Gasteiger partial charge on any atom is -0.345 e. The van der Waals surface area contributed by atoms with Crippen molar-refractivity contribution in [3.8, 4) is 11.3 Å². The van der Waals surface area contributed by atoms with Crippen LogP contribution < -0.4 is 4.90 Å². The minimum absolute atomic E-state index is 0.0984. The molecule has 0 amide bonds. The topological polar surface area (TPSA) is 53.5 Å². The average molecular weight is 472 g/mol. The van der Waals surface area contributed by atoms with Gasteiger partial charge in [-0.05, 0) is 42.5 Å². The maximum absolute atomic E-state index is 13.1. The summed E-state index contributed by atoms with van der Waals surface area (Å²) in [6, 6.07) is 10.2. The molecule has 2 heterocycles. The highest BCUT2D eigenvalue weighted by atomic mass is 35.5. The van der Waals surface area contributed by atoms with E-state index in [1.54, 1.807) is 12.1 Å². The van der Waals surface area contributed by atoms with E-state index in [9.17, 15) is 12.8 Å². The number of piperazine rings is 1. The summed E-state index contributed by atoms with van der Waals surface area (Å²) < 4.78 is 40.0. The molecule has 0 saturated carbocycles. The van der Waals surface area contributed by atoms with Crippen molar-refractivity contribution in [3.05, 3.63) is 63.7 Å². The molecule has 1 saturated heterocycles. The number of anilines is 1. The van der Waals surface area contributed by atoms with Crippen LogP contribution in [0.5, 0.6) is 0 Å². The van der Waals surface area contributed by atoms with Gasteiger partial charge in [0.25, 0.3) is 0 Å². The molecule has 0 bridgehead atoms. The highest BCUT2D eigenvalue weighted by Crippen LogP contribution is 2.34. The Hall–Kier alpha value is -1.71. The van der Waals surface area contributed by atoms with Crippen molar-refractivity contribution in [1.82, 2.24) is 9.29 Å². The smallest absolute Gasteiger partial charge is 0.243 e. The maximum Gasteiger partial charge on any atom is 0.243 e. The third kappa shape index (κ3) is 4.27. The van der Waals surface area contributed by atoms with E-state index < -0.39 is 15.8 Å². The van der Waals surface area contributed by atoms with Gasteiger partial charge in [-0.15, -0.1) is 11.3 Å². The lowest BCUT2D eigenvalue weighted by Gasteiger charge is -2.33. The molecule has 2 aromatic carbocycles. The van der Waals surface area contributed by atoms with Crippen molar-refractivity contribution >= 4 is 49.7 Å². The number of hydrogen-bond acceptors (Lipinski definition) is 5. The molecule has 0 unspecified atom stereocenters. The van der Waals surface area contributed by atoms with Gasteiger partial charge in [0, 0.05) is 42.1 Å². The van der Waals surface area contributed by atoms with Crippen molar-refractivity contribution in [2.24, 2.45) is 0 Å². The van der Waals surface area contributed by atoms with E-state index in [1.165, 1.54) is 27.8 Å². The lowest BCUT2D eigenvalue weighted by Crippen LogP contribution is -2.48. The van der Waals surface area contributed by atoms with Crippen LogP contribution in [0.4, 0.5) is 9.52 Å². The molecule has 4 rings (SSSR count). The van der Waals surface area contributed by atoms with Crippen molar-refractivity contribution < 1.29 is 12.8 Å². The van der Waals surface area contributed by atoms with E-state index in [2.05, 4.69) is 9.88 Å². The van der Waals surface area contributed by atoms with Gasteiger partial charge in [0.05, 0.1) is 15.6 Å². The Morgan fingerprint density at radius 2 is 1.69 bits per heavy atom. The quantitative estimate of drug-likeness (QED) is 0.549. The first-order valence-corrected chi connectivity index (χ1v) is 11.8. The number of rotatable bonds is 4. The Bertz CT molecular complexity index is 1130. The number of halogens is 3. The maximum atomic E-state index is 13.1. The predicted molar refractivity (Wildman–Crippen MR) is 115 cm³/mol. The monoisotopic (exact) mass is 471 g/mol. The van der Waals surface area contributed by atoms with Crippen LogP contribution in [0.3, 0.4) is 0 Å². The van der Waals surface area contributed by atoms with Gasteiger partial charge in [-0.3, -0.25) is 0 Å². The van der Waals surface area contributed by atoms with Crippen molar-refractivity contribution in [2.75, 3.05) is 31.1 Å². The van der Waals surface area contributed by atoms with Crippen LogP contribution in [0.2, 0.25) is 10.0 Å². The predicted octanol–water partition coefficient (Wildman–Crippen LogP) is 4.77. The van der Waals surface area contributed by atoms with Gasteiger partial charge in [-0.2, -0.15) is 4.31 Å². The Morgan fingerprint density at radius 3 is 2.34 bits per heavy atom. The van der Waals surface area contributed by atoms with Gasteiger partial charge >= 0.3 is 0 Å². The number of aromatic nitrogens is 1. The van der Waals surface area contributed by atoms with Crippen LogP contribution in [0.15, 0.2) is 52.7 Å². The second kappa shape index (κ2) is 8.20. The van der Waals surface area contributed by atoms with Crippen LogP contribution >= 0.6 is 34.5 Å². The van der Waals surface area contributed by atoms with Crippen LogP contribution in [0.1, 0.15) is 0 Å². The molecular weight excluding hydrogens is 456 g/mol. The van der Waals surface area contributed by atoms with Gasteiger partial charge in [0.2, 0.25) is 10.0 Å². The molecule has 0 radical (unpaired) electrons. The highest BCUT2D eigenvalue weighted by molar-refractivity contribution is 7.89. The molecule has 0 atom stereocenters. The molecular formula is C19H16Cl2FN3O2S2. The van der Waals surface area contributed by atoms with E-state index in [-0.39, 0.29) is 4.90 Å². The first-order valence-electron chi connectivity index (χ1n) is 8.76. The fourth-order valence-electron chi connectivity index (χ4n) is 3.11. The fourth-order valence-corrected chi connectivity index (χ4v) is 5.91. The molecule has 1 fully saturated rings. The largest absolute Gasteiger partial charge is 0.345 e. The number of nitrogens with zero attached hydrogens (tertiary/aromatic N) is 3. The van der Waals surface area contributed by atoms with Gasteiger partial charge in [0.1, 0.15) is 5.82 Å². The summed E-state index contributed by atoms with van der Waals surface area (Å²) in [4.78, 5) is 6.81. The molecule has 0 aliphatic carbocycles. The Kier molecular flexibility index (Phi) is 5.81. The number of hydrogen-bond donors (Lipinski definition) is 0. The van der Waals surface area contributed by atoms with Gasteiger partial charge in [-0.25, -0.2) is 17.8 Å². The lowest BCUT2D eigenvalue weighted by molar-refractivity contribution is 0.384. The molecule has 152 valence electrons. The Morgan fingerprint density at radius 1 is 1.00 bits per heavy atom. The molecule has 5 nitrogen and oxygen atoms in total. The average Bonchev–Trinajstić information content (AvgIpc) is 3.18. The Balaban J connectivity index is 1.46. The molecule has 10 heteroatoms. The second-order valence-corrected chi connectivity index (χ2v) is 10.1. The standard InChI is InChI=1S/C19H16Cl2FN3O2S2/c20-13-1-6-16(17(21)11-13)18-12-28-19(23-18)24-7-9-25(10-8-24)29(26,27)15-4-2-14(22)3-5-15/h1-6,11-12H,7-10H2. The van der Waals surface area contributed by atoms with Gasteiger partial charge in [0.15, 0.2) is 5.13 Å². The summed E-state index contributed by atoms with van der Waals surface area (Å²) in [5.74, 6) is -0.464. The summed E-state index contributed by atoms with van der Waals surface area (Å²) in [7, 11) is -3.64. The molecule has 0 spiro atoms. The summed E-state index contributed by atoms with van der Waals surface area (Å²) >= 11 is 13.7. The first kappa shape index (κ1) is 20.6. The molecule has 1 aromatic heterocycles. The van der Waals surface area contributed by atoms with Gasteiger partial charge < -0.3 is 4.90 Å². The van der Waals surface area contributed by atoms with E-state index >= 15 is 0 Å². The zero-order chi connectivity index (χ0) is 20.6. The number of sulfonamides is 1. The summed E-state index contributed by atoms with van der Waals surface area (Å²) in [6.45, 7) is 1.69. The fraction of sp³-hybridized carbons (Fsp3) is 0.211. The summed E-state index contributed by atoms with van der Waals surface area (Å²) in [5.41, 5.74) is 1.56. The van der Waals surface area contributed by atoms with Crippen LogP contribution in [-0.2, 0) is 10.0 Å². The zero-order valence-corrected chi connectivity index (χ0v) is 18.2. The summed E-state index contributed by atoms with van der Waals surface area (Å²) in [5, 5.41) is 3.83. The highest BCUT2D eigenvalue weighted by Gasteiger charge is 2.29. The second-order valence-electron chi connectivity index (χ2n) is 6.48. The van der Waals surface area contributed by atoms with E-state index in [4.69, 9.17) is 23.2 Å². The molecule has 3 aromatic rings. The zero-order valence-electron chi connectivity index (χ0n) is 15.1. The number of benzene rings is 2. The van der Waals surface area contributed by atoms with Crippen LogP contribution in [0, 0.1) is 5.82 Å². The van der Waals surface area contributed by atoms with Crippen LogP contribution in [-0.4, -0.2) is 43.9 Å². The molecule has 0 N–H and O–H groups in total. The minimum atomic E-state index is -3.64. The summed E-state index contributed by atoms with van der Waals surface area (Å²) in [6.07, 6.45) is 0. The molecule has 29 heavy (non-hydrogen) atoms. The van der Waals surface area contributed by atoms with Crippen LogP contribution in [0.25, 0.3) is 11.3 Å². The lowest BCUT2D eigenvalue weighted by atomic mass is 10.2. The van der Waals surface area contributed by atoms with E-state index in [1.807, 2.05) is 11.4 Å². The van der Waals surface area contributed by atoms with Crippen molar-refractivity contribution in [3.63, 3.8) is 0 Å².